The average molecular weight is 275 g/mol. The molecule has 2 N–H and O–H groups in total. The van der Waals surface area contributed by atoms with Gasteiger partial charge in [0.15, 0.2) is 0 Å². The topological polar surface area (TPSA) is 49.3 Å². The zero-order valence-electron chi connectivity index (χ0n) is 12.3. The van der Waals surface area contributed by atoms with Crippen LogP contribution in [0.25, 0.3) is 0 Å². The summed E-state index contributed by atoms with van der Waals surface area (Å²) in [6, 6.07) is 5.93. The molecule has 0 aliphatic carbocycles. The van der Waals surface area contributed by atoms with E-state index in [-0.39, 0.29) is 12.0 Å². The van der Waals surface area contributed by atoms with Crippen LogP contribution in [0.3, 0.4) is 0 Å². The van der Waals surface area contributed by atoms with E-state index in [2.05, 4.69) is 18.3 Å². The van der Waals surface area contributed by atoms with Crippen molar-refractivity contribution in [2.45, 2.75) is 64.4 Å². The minimum atomic E-state index is -0.379. The summed E-state index contributed by atoms with van der Waals surface area (Å²) in [5.74, 6) is 0.0941. The molecule has 2 rings (SSSR count). The molecular formula is C17H25NO2. The summed E-state index contributed by atoms with van der Waals surface area (Å²) in [4.78, 5) is 11.5. The van der Waals surface area contributed by atoms with Gasteiger partial charge in [-0.1, -0.05) is 44.7 Å². The number of anilines is 1. The molecule has 110 valence electrons. The van der Waals surface area contributed by atoms with Gasteiger partial charge < -0.3 is 10.4 Å². The normalized spacial score (nSPS) is 16.2. The number of hydrogen-bond donors (Lipinski definition) is 2. The van der Waals surface area contributed by atoms with Crippen LogP contribution in [-0.2, 0) is 11.2 Å². The van der Waals surface area contributed by atoms with Crippen LogP contribution in [-0.4, -0.2) is 11.0 Å². The molecule has 1 aliphatic rings. The molecular weight excluding hydrogens is 250 g/mol. The van der Waals surface area contributed by atoms with Gasteiger partial charge in [-0.25, -0.2) is 0 Å². The number of carbonyl (C=O) groups is 1. The van der Waals surface area contributed by atoms with Crippen LogP contribution in [0.4, 0.5) is 5.69 Å². The molecule has 3 nitrogen and oxygen atoms in total. The number of nitrogens with one attached hydrogen (secondary N) is 1. The van der Waals surface area contributed by atoms with Gasteiger partial charge in [-0.05, 0) is 36.5 Å². The molecule has 3 heteroatoms. The summed E-state index contributed by atoms with van der Waals surface area (Å²) in [6.07, 6.45) is 7.54. The van der Waals surface area contributed by atoms with E-state index in [1.165, 1.54) is 19.3 Å². The maximum atomic E-state index is 11.5. The second-order valence-electron chi connectivity index (χ2n) is 5.68. The number of fused-ring (bicyclic) bond motifs is 1. The quantitative estimate of drug-likeness (QED) is 0.772. The number of hydrogen-bond acceptors (Lipinski definition) is 2. The molecule has 1 aliphatic heterocycles. The molecule has 0 saturated heterocycles. The molecule has 0 aromatic heterocycles. The van der Waals surface area contributed by atoms with Gasteiger partial charge in [-0.15, -0.1) is 0 Å². The van der Waals surface area contributed by atoms with Crippen LogP contribution in [0.2, 0.25) is 0 Å². The Bertz CT molecular complexity index is 456. The number of aliphatic hydroxyl groups excluding tert-OH is 1. The van der Waals surface area contributed by atoms with Crippen LogP contribution in [0.1, 0.15) is 69.1 Å². The zero-order valence-corrected chi connectivity index (χ0v) is 12.3. The number of unbranched alkanes of at least 4 members (excludes halogenated alkanes) is 3. The Morgan fingerprint density at radius 3 is 2.90 bits per heavy atom. The number of benzene rings is 1. The Balaban J connectivity index is 1.99. The van der Waals surface area contributed by atoms with Crippen LogP contribution >= 0.6 is 0 Å². The third kappa shape index (κ3) is 4.07. The monoisotopic (exact) mass is 275 g/mol. The van der Waals surface area contributed by atoms with Crippen molar-refractivity contribution in [1.29, 1.82) is 0 Å². The maximum absolute atomic E-state index is 11.5. The van der Waals surface area contributed by atoms with Gasteiger partial charge >= 0.3 is 0 Å². The fourth-order valence-electron chi connectivity index (χ4n) is 2.73. The second-order valence-corrected chi connectivity index (χ2v) is 5.68. The zero-order chi connectivity index (χ0) is 14.4. The molecule has 0 bridgehead atoms. The van der Waals surface area contributed by atoms with Crippen LogP contribution < -0.4 is 5.32 Å². The van der Waals surface area contributed by atoms with E-state index in [1.807, 2.05) is 12.1 Å². The summed E-state index contributed by atoms with van der Waals surface area (Å²) >= 11 is 0. The van der Waals surface area contributed by atoms with Gasteiger partial charge in [0.05, 0.1) is 6.10 Å². The number of amides is 1. The maximum Gasteiger partial charge on any atom is 0.224 e. The third-order valence-corrected chi connectivity index (χ3v) is 3.97. The SMILES string of the molecule is CCCCCCC(O)c1ccc2c(c1)CCCC(=O)N2. The molecule has 0 radical (unpaired) electrons. The Morgan fingerprint density at radius 1 is 1.25 bits per heavy atom. The van der Waals surface area contributed by atoms with Crippen molar-refractivity contribution in [3.8, 4) is 0 Å². The van der Waals surface area contributed by atoms with E-state index >= 15 is 0 Å². The van der Waals surface area contributed by atoms with Crippen molar-refractivity contribution >= 4 is 11.6 Å². The fraction of sp³-hybridized carbons (Fsp3) is 0.588. The highest BCUT2D eigenvalue weighted by molar-refractivity contribution is 5.92. The van der Waals surface area contributed by atoms with E-state index in [1.54, 1.807) is 0 Å². The molecule has 1 unspecified atom stereocenters. The summed E-state index contributed by atoms with van der Waals surface area (Å²) in [6.45, 7) is 2.19. The first-order valence-corrected chi connectivity index (χ1v) is 7.81. The lowest BCUT2D eigenvalue weighted by molar-refractivity contribution is -0.116. The van der Waals surface area contributed by atoms with Crippen LogP contribution in [0.15, 0.2) is 18.2 Å². The first-order valence-electron chi connectivity index (χ1n) is 7.81. The van der Waals surface area contributed by atoms with E-state index < -0.39 is 0 Å². The molecule has 1 heterocycles. The summed E-state index contributed by atoms with van der Waals surface area (Å²) in [5, 5.41) is 13.2. The van der Waals surface area contributed by atoms with Crippen LogP contribution in [0.5, 0.6) is 0 Å². The lowest BCUT2D eigenvalue weighted by Crippen LogP contribution is -2.09. The molecule has 1 aromatic rings. The molecule has 20 heavy (non-hydrogen) atoms. The van der Waals surface area contributed by atoms with Gasteiger partial charge in [0.25, 0.3) is 0 Å². The minimum Gasteiger partial charge on any atom is -0.388 e. The lowest BCUT2D eigenvalue weighted by atomic mass is 9.98. The van der Waals surface area contributed by atoms with E-state index in [9.17, 15) is 9.90 Å². The number of carbonyl (C=O) groups excluding carboxylic acids is 1. The predicted molar refractivity (Wildman–Crippen MR) is 81.7 cm³/mol. The number of rotatable bonds is 6. The number of aryl methyl sites for hydroxylation is 1. The predicted octanol–water partition coefficient (Wildman–Crippen LogP) is 3.97. The third-order valence-electron chi connectivity index (χ3n) is 3.97. The van der Waals surface area contributed by atoms with Gasteiger partial charge in [0.2, 0.25) is 5.91 Å². The van der Waals surface area contributed by atoms with Crippen molar-refractivity contribution < 1.29 is 9.90 Å². The van der Waals surface area contributed by atoms with E-state index in [0.717, 1.165) is 42.5 Å². The Morgan fingerprint density at radius 2 is 2.10 bits per heavy atom. The summed E-state index contributed by atoms with van der Waals surface area (Å²) < 4.78 is 0. The van der Waals surface area contributed by atoms with Crippen molar-refractivity contribution in [2.75, 3.05) is 5.32 Å². The first-order chi connectivity index (χ1) is 9.70. The molecule has 0 saturated carbocycles. The highest BCUT2D eigenvalue weighted by Gasteiger charge is 2.15. The Kier molecular flexibility index (Phi) is 5.60. The van der Waals surface area contributed by atoms with Gasteiger partial charge in [-0.3, -0.25) is 4.79 Å². The van der Waals surface area contributed by atoms with Crippen molar-refractivity contribution in [2.24, 2.45) is 0 Å². The van der Waals surface area contributed by atoms with Crippen LogP contribution in [0, 0.1) is 0 Å². The van der Waals surface area contributed by atoms with Gasteiger partial charge in [0.1, 0.15) is 0 Å². The van der Waals surface area contributed by atoms with E-state index in [4.69, 9.17) is 0 Å². The second kappa shape index (κ2) is 7.44. The molecule has 1 atom stereocenters. The molecule has 1 amide bonds. The van der Waals surface area contributed by atoms with Crippen molar-refractivity contribution in [3.63, 3.8) is 0 Å². The Labute approximate surface area is 121 Å². The minimum absolute atomic E-state index is 0.0941. The smallest absolute Gasteiger partial charge is 0.224 e. The summed E-state index contributed by atoms with van der Waals surface area (Å²) in [7, 11) is 0. The Hall–Kier alpha value is -1.35. The molecule has 0 fully saturated rings. The van der Waals surface area contributed by atoms with E-state index in [0.29, 0.717) is 6.42 Å². The number of aliphatic hydroxyl groups is 1. The average Bonchev–Trinajstić information content (AvgIpc) is 2.63. The summed E-state index contributed by atoms with van der Waals surface area (Å²) in [5.41, 5.74) is 3.05. The highest BCUT2D eigenvalue weighted by Crippen LogP contribution is 2.27. The fourth-order valence-corrected chi connectivity index (χ4v) is 2.73. The van der Waals surface area contributed by atoms with Crippen molar-refractivity contribution in [3.05, 3.63) is 29.3 Å². The largest absolute Gasteiger partial charge is 0.388 e. The van der Waals surface area contributed by atoms with Gasteiger partial charge in [-0.2, -0.15) is 0 Å². The highest BCUT2D eigenvalue weighted by atomic mass is 16.3. The van der Waals surface area contributed by atoms with Gasteiger partial charge in [0, 0.05) is 12.1 Å². The van der Waals surface area contributed by atoms with Crippen molar-refractivity contribution in [1.82, 2.24) is 0 Å². The first kappa shape index (κ1) is 15.0. The molecule has 0 spiro atoms. The standard InChI is InChI=1S/C17H25NO2/c1-2-3-4-5-8-16(19)14-10-11-15-13(12-14)7-6-9-17(20)18-15/h10-12,16,19H,2-9H2,1H3,(H,18,20). The molecule has 1 aromatic carbocycles. The lowest BCUT2D eigenvalue weighted by Gasteiger charge is -2.14.